The first-order chi connectivity index (χ1) is 17.1. The van der Waals surface area contributed by atoms with Gasteiger partial charge in [-0.15, -0.1) is 0 Å². The Morgan fingerprint density at radius 2 is 1.74 bits per heavy atom. The molecule has 3 aromatic rings. The number of fused-ring (bicyclic) bond motifs is 1. The summed E-state index contributed by atoms with van der Waals surface area (Å²) in [6, 6.07) is 18.6. The first-order valence-electron chi connectivity index (χ1n) is 12.8. The predicted octanol–water partition coefficient (Wildman–Crippen LogP) is 4.28. The quantitative estimate of drug-likeness (QED) is 0.566. The average Bonchev–Trinajstić information content (AvgIpc) is 3.82. The zero-order valence-corrected chi connectivity index (χ0v) is 19.7. The maximum absolute atomic E-state index is 13.3. The Labute approximate surface area is 204 Å². The maximum Gasteiger partial charge on any atom is 0.256 e. The van der Waals surface area contributed by atoms with Crippen LogP contribution in [0.15, 0.2) is 65.8 Å². The van der Waals surface area contributed by atoms with E-state index < -0.39 is 5.54 Å². The summed E-state index contributed by atoms with van der Waals surface area (Å²) < 4.78 is 0. The zero-order chi connectivity index (χ0) is 23.6. The first-order valence-corrected chi connectivity index (χ1v) is 12.8. The van der Waals surface area contributed by atoms with Gasteiger partial charge in [0.05, 0.1) is 5.52 Å². The number of carbonyl (C=O) groups excluding carboxylic acids is 2. The third-order valence-corrected chi connectivity index (χ3v) is 7.97. The molecule has 2 amide bonds. The van der Waals surface area contributed by atoms with E-state index in [1.165, 1.54) is 0 Å². The molecule has 0 unspecified atom stereocenters. The highest BCUT2D eigenvalue weighted by Gasteiger charge is 2.57. The van der Waals surface area contributed by atoms with Crippen molar-refractivity contribution in [2.45, 2.75) is 37.6 Å². The van der Waals surface area contributed by atoms with E-state index in [0.717, 1.165) is 78.6 Å². The fourth-order valence-electron chi connectivity index (χ4n) is 5.56. The van der Waals surface area contributed by atoms with Gasteiger partial charge in [-0.3, -0.25) is 24.5 Å². The van der Waals surface area contributed by atoms with Gasteiger partial charge in [0.2, 0.25) is 5.91 Å². The van der Waals surface area contributed by atoms with Gasteiger partial charge < -0.3 is 4.90 Å². The van der Waals surface area contributed by atoms with Crippen molar-refractivity contribution < 1.29 is 9.59 Å². The van der Waals surface area contributed by atoms with Crippen molar-refractivity contribution in [3.05, 3.63) is 66.4 Å². The largest absolute Gasteiger partial charge is 0.342 e. The highest BCUT2D eigenvalue weighted by Crippen LogP contribution is 2.46. The molecule has 6 heteroatoms. The minimum Gasteiger partial charge on any atom is -0.342 e. The first kappa shape index (κ1) is 20.8. The molecule has 4 aliphatic rings. The van der Waals surface area contributed by atoms with Crippen LogP contribution in [0.25, 0.3) is 22.0 Å². The Kier molecular flexibility index (Phi) is 4.60. The van der Waals surface area contributed by atoms with Gasteiger partial charge >= 0.3 is 0 Å². The summed E-state index contributed by atoms with van der Waals surface area (Å²) in [4.78, 5) is 39.3. The van der Waals surface area contributed by atoms with Gasteiger partial charge in [0.25, 0.3) is 5.91 Å². The lowest BCUT2D eigenvalue weighted by atomic mass is 10.0. The summed E-state index contributed by atoms with van der Waals surface area (Å²) >= 11 is 0. The SMILES string of the molecule is O=C(C1CC1)N1CC[C@@H](CN2C(=O)C3(CC3)N=C2c2ccc(-c3cnc4ccccc4c3)cc2)C1. The van der Waals surface area contributed by atoms with Crippen LogP contribution < -0.4 is 0 Å². The second-order valence-electron chi connectivity index (χ2n) is 10.6. The second kappa shape index (κ2) is 7.74. The van der Waals surface area contributed by atoms with Crippen LogP contribution in [0.4, 0.5) is 0 Å². The standard InChI is InChI=1S/C29H28N4O2/c34-27(22-9-10-22)32-14-11-19(17-32)18-33-26(31-29(12-13-29)28(33)35)21-7-5-20(6-8-21)24-15-23-3-1-2-4-25(23)30-16-24/h1-8,15-16,19,22H,9-14,17-18H2/t19-/m1/s1. The van der Waals surface area contributed by atoms with Gasteiger partial charge in [0.15, 0.2) is 0 Å². The topological polar surface area (TPSA) is 65.9 Å². The molecular formula is C29H28N4O2. The molecule has 35 heavy (non-hydrogen) atoms. The number of likely N-dealkylation sites (tertiary alicyclic amines) is 1. The van der Waals surface area contributed by atoms with Crippen molar-refractivity contribution in [2.75, 3.05) is 19.6 Å². The van der Waals surface area contributed by atoms with E-state index in [-0.39, 0.29) is 11.8 Å². The molecule has 0 N–H and O–H groups in total. The zero-order valence-electron chi connectivity index (χ0n) is 19.7. The van der Waals surface area contributed by atoms with E-state index >= 15 is 0 Å². The molecule has 2 saturated carbocycles. The van der Waals surface area contributed by atoms with Crippen molar-refractivity contribution in [3.8, 4) is 11.1 Å². The molecule has 2 aromatic carbocycles. The number of carbonyl (C=O) groups is 2. The van der Waals surface area contributed by atoms with Crippen molar-refractivity contribution in [2.24, 2.45) is 16.8 Å². The van der Waals surface area contributed by atoms with Crippen LogP contribution in [0.1, 0.15) is 37.7 Å². The van der Waals surface area contributed by atoms with Crippen LogP contribution in [0, 0.1) is 11.8 Å². The summed E-state index contributed by atoms with van der Waals surface area (Å²) in [7, 11) is 0. The Morgan fingerprint density at radius 1 is 0.971 bits per heavy atom. The average molecular weight is 465 g/mol. The molecular weight excluding hydrogens is 436 g/mol. The van der Waals surface area contributed by atoms with Gasteiger partial charge in [-0.05, 0) is 55.7 Å². The molecule has 1 atom stereocenters. The molecule has 1 saturated heterocycles. The summed E-state index contributed by atoms with van der Waals surface area (Å²) in [5.41, 5.74) is 3.60. The Bertz CT molecular complexity index is 1370. The Morgan fingerprint density at radius 3 is 2.51 bits per heavy atom. The molecule has 0 bridgehead atoms. The minimum absolute atomic E-state index is 0.141. The smallest absolute Gasteiger partial charge is 0.256 e. The number of aromatic nitrogens is 1. The van der Waals surface area contributed by atoms with Crippen LogP contribution in [0.3, 0.4) is 0 Å². The van der Waals surface area contributed by atoms with E-state index in [4.69, 9.17) is 4.99 Å². The van der Waals surface area contributed by atoms with Gasteiger partial charge in [0.1, 0.15) is 11.4 Å². The molecule has 7 rings (SSSR count). The van der Waals surface area contributed by atoms with Crippen molar-refractivity contribution in [1.82, 2.24) is 14.8 Å². The van der Waals surface area contributed by atoms with Crippen LogP contribution in [0.5, 0.6) is 0 Å². The number of pyridine rings is 1. The molecule has 1 aromatic heterocycles. The van der Waals surface area contributed by atoms with E-state index in [1.807, 2.05) is 34.2 Å². The lowest BCUT2D eigenvalue weighted by Gasteiger charge is -2.23. The minimum atomic E-state index is -0.529. The van der Waals surface area contributed by atoms with Crippen LogP contribution >= 0.6 is 0 Å². The second-order valence-corrected chi connectivity index (χ2v) is 10.6. The summed E-state index contributed by atoms with van der Waals surface area (Å²) in [6.07, 6.45) is 6.61. The van der Waals surface area contributed by atoms with Crippen molar-refractivity contribution in [3.63, 3.8) is 0 Å². The summed E-state index contributed by atoms with van der Waals surface area (Å²) in [5, 5.41) is 1.12. The maximum atomic E-state index is 13.3. The van der Waals surface area contributed by atoms with E-state index in [1.54, 1.807) is 0 Å². The van der Waals surface area contributed by atoms with Gasteiger partial charge in [-0.1, -0.05) is 42.5 Å². The number of nitrogens with zero attached hydrogens (tertiary/aromatic N) is 4. The van der Waals surface area contributed by atoms with E-state index in [0.29, 0.717) is 18.4 Å². The molecule has 1 spiro atoms. The monoisotopic (exact) mass is 464 g/mol. The van der Waals surface area contributed by atoms with Gasteiger partial charge in [0, 0.05) is 48.3 Å². The van der Waals surface area contributed by atoms with E-state index in [2.05, 4.69) is 41.4 Å². The molecule has 3 heterocycles. The Balaban J connectivity index is 1.12. The highest BCUT2D eigenvalue weighted by molar-refractivity contribution is 6.16. The number of hydrogen-bond acceptors (Lipinski definition) is 4. The lowest BCUT2D eigenvalue weighted by Crippen LogP contribution is -2.40. The molecule has 0 radical (unpaired) electrons. The number of rotatable bonds is 5. The van der Waals surface area contributed by atoms with E-state index in [9.17, 15) is 9.59 Å². The molecule has 3 fully saturated rings. The summed E-state index contributed by atoms with van der Waals surface area (Å²) in [6.45, 7) is 2.21. The van der Waals surface area contributed by atoms with Crippen molar-refractivity contribution in [1.29, 1.82) is 0 Å². The number of para-hydroxylation sites is 1. The number of aliphatic imine (C=N–C) groups is 1. The highest BCUT2D eigenvalue weighted by atomic mass is 16.2. The predicted molar refractivity (Wildman–Crippen MR) is 135 cm³/mol. The third-order valence-electron chi connectivity index (χ3n) is 7.97. The van der Waals surface area contributed by atoms with Crippen molar-refractivity contribution >= 4 is 28.6 Å². The van der Waals surface area contributed by atoms with Gasteiger partial charge in [-0.25, -0.2) is 0 Å². The lowest BCUT2D eigenvalue weighted by molar-refractivity contribution is -0.131. The summed E-state index contributed by atoms with van der Waals surface area (Å²) in [5.74, 6) is 1.81. The Hall–Kier alpha value is -3.54. The number of amides is 2. The number of benzene rings is 2. The molecule has 2 aliphatic carbocycles. The normalized spacial score (nSPS) is 22.8. The number of amidine groups is 1. The molecule has 176 valence electrons. The van der Waals surface area contributed by atoms with Gasteiger partial charge in [-0.2, -0.15) is 0 Å². The third kappa shape index (κ3) is 3.63. The number of hydrogen-bond donors (Lipinski definition) is 0. The van der Waals surface area contributed by atoms with Crippen LogP contribution in [-0.2, 0) is 9.59 Å². The fraction of sp³-hybridized carbons (Fsp3) is 0.379. The van der Waals surface area contributed by atoms with Crippen LogP contribution in [-0.4, -0.2) is 57.6 Å². The van der Waals surface area contributed by atoms with Crippen LogP contribution in [0.2, 0.25) is 0 Å². The molecule has 2 aliphatic heterocycles. The fourth-order valence-corrected chi connectivity index (χ4v) is 5.56. The molecule has 6 nitrogen and oxygen atoms in total.